The fourth-order valence-electron chi connectivity index (χ4n) is 2.47. The summed E-state index contributed by atoms with van der Waals surface area (Å²) in [5.41, 5.74) is 2.79. The van der Waals surface area contributed by atoms with Crippen LogP contribution in [0.25, 0.3) is 22.2 Å². The number of aromatic amines is 1. The minimum atomic E-state index is -0.199. The second kappa shape index (κ2) is 5.42. The molecule has 0 aliphatic carbocycles. The summed E-state index contributed by atoms with van der Waals surface area (Å²) in [4.78, 5) is 16.4. The molecule has 0 bridgehead atoms. The van der Waals surface area contributed by atoms with Gasteiger partial charge in [0.2, 0.25) is 0 Å². The normalized spacial score (nSPS) is 10.8. The molecule has 0 atom stereocenters. The van der Waals surface area contributed by atoms with Crippen molar-refractivity contribution in [1.82, 2.24) is 15.2 Å². The second-order valence-corrected chi connectivity index (χ2v) is 5.04. The Morgan fingerprint density at radius 1 is 1.13 bits per heavy atom. The van der Waals surface area contributed by atoms with Crippen LogP contribution in [0.1, 0.15) is 10.4 Å². The van der Waals surface area contributed by atoms with Gasteiger partial charge in [-0.25, -0.2) is 4.98 Å². The molecule has 2 aromatic heterocycles. The third kappa shape index (κ3) is 2.46. The molecular weight excluding hydrogens is 292 g/mol. The van der Waals surface area contributed by atoms with Crippen LogP contribution in [0.5, 0.6) is 0 Å². The molecule has 0 fully saturated rings. The van der Waals surface area contributed by atoms with E-state index in [-0.39, 0.29) is 5.91 Å². The highest BCUT2D eigenvalue weighted by Gasteiger charge is 2.12. The van der Waals surface area contributed by atoms with Gasteiger partial charge in [0.25, 0.3) is 5.91 Å². The van der Waals surface area contributed by atoms with E-state index in [1.54, 1.807) is 18.5 Å². The van der Waals surface area contributed by atoms with Crippen molar-refractivity contribution < 1.29 is 9.21 Å². The first kappa shape index (κ1) is 13.3. The smallest absolute Gasteiger partial charge is 0.257 e. The van der Waals surface area contributed by atoms with E-state index in [2.05, 4.69) is 20.5 Å². The summed E-state index contributed by atoms with van der Waals surface area (Å²) in [6.07, 6.45) is 4.70. The van der Waals surface area contributed by atoms with E-state index >= 15 is 0 Å². The molecule has 4 aromatic rings. The van der Waals surface area contributed by atoms with Crippen LogP contribution < -0.4 is 5.32 Å². The molecular formula is C17H12N4O2. The second-order valence-electron chi connectivity index (χ2n) is 5.04. The molecule has 1 amide bonds. The number of anilines is 1. The Morgan fingerprint density at radius 2 is 2.04 bits per heavy atom. The standard InChI is InChI=1S/C17H12N4O2/c22-17(14-6-2-4-12-8-19-21-16(12)14)20-13-5-1-3-11(7-13)15-9-18-10-23-15/h1-10H,(H,19,21)(H,20,22). The number of rotatable bonds is 3. The zero-order valence-corrected chi connectivity index (χ0v) is 12.0. The summed E-state index contributed by atoms with van der Waals surface area (Å²) in [6, 6.07) is 12.9. The van der Waals surface area contributed by atoms with Crippen molar-refractivity contribution in [3.8, 4) is 11.3 Å². The lowest BCUT2D eigenvalue weighted by molar-refractivity contribution is 0.102. The number of nitrogens with one attached hydrogen (secondary N) is 2. The zero-order chi connectivity index (χ0) is 15.6. The molecule has 4 rings (SSSR count). The molecule has 6 nitrogen and oxygen atoms in total. The van der Waals surface area contributed by atoms with Crippen LogP contribution in [0.2, 0.25) is 0 Å². The van der Waals surface area contributed by atoms with Crippen molar-refractivity contribution in [2.24, 2.45) is 0 Å². The van der Waals surface area contributed by atoms with Gasteiger partial charge in [0, 0.05) is 16.6 Å². The molecule has 2 heterocycles. The van der Waals surface area contributed by atoms with Gasteiger partial charge in [0.05, 0.1) is 23.5 Å². The summed E-state index contributed by atoms with van der Waals surface area (Å²) in [7, 11) is 0. The number of nitrogens with zero attached hydrogens (tertiary/aromatic N) is 2. The molecule has 0 saturated heterocycles. The summed E-state index contributed by atoms with van der Waals surface area (Å²) in [5.74, 6) is 0.450. The van der Waals surface area contributed by atoms with Crippen molar-refractivity contribution >= 4 is 22.5 Å². The number of aromatic nitrogens is 3. The van der Waals surface area contributed by atoms with Gasteiger partial charge in [-0.1, -0.05) is 24.3 Å². The minimum Gasteiger partial charge on any atom is -0.444 e. The van der Waals surface area contributed by atoms with Crippen molar-refractivity contribution in [3.63, 3.8) is 0 Å². The highest BCUT2D eigenvalue weighted by Crippen LogP contribution is 2.23. The monoisotopic (exact) mass is 304 g/mol. The van der Waals surface area contributed by atoms with E-state index in [1.807, 2.05) is 36.4 Å². The van der Waals surface area contributed by atoms with E-state index in [0.29, 0.717) is 17.0 Å². The number of para-hydroxylation sites is 1. The van der Waals surface area contributed by atoms with Gasteiger partial charge in [-0.15, -0.1) is 0 Å². The molecule has 0 radical (unpaired) electrons. The molecule has 6 heteroatoms. The number of carbonyl (C=O) groups is 1. The Bertz CT molecular complexity index is 973. The maximum absolute atomic E-state index is 12.5. The first-order chi connectivity index (χ1) is 11.3. The minimum absolute atomic E-state index is 0.199. The molecule has 0 unspecified atom stereocenters. The lowest BCUT2D eigenvalue weighted by Crippen LogP contribution is -2.12. The summed E-state index contributed by atoms with van der Waals surface area (Å²) < 4.78 is 5.27. The van der Waals surface area contributed by atoms with Crippen molar-refractivity contribution in [2.75, 3.05) is 5.32 Å². The molecule has 2 aromatic carbocycles. The summed E-state index contributed by atoms with van der Waals surface area (Å²) >= 11 is 0. The maximum Gasteiger partial charge on any atom is 0.257 e. The first-order valence-corrected chi connectivity index (χ1v) is 7.03. The van der Waals surface area contributed by atoms with Crippen molar-refractivity contribution in [1.29, 1.82) is 0 Å². The average Bonchev–Trinajstić information content (AvgIpc) is 3.26. The van der Waals surface area contributed by atoms with Crippen LogP contribution in [0.4, 0.5) is 5.69 Å². The summed E-state index contributed by atoms with van der Waals surface area (Å²) in [5, 5.41) is 10.6. The van der Waals surface area contributed by atoms with E-state index < -0.39 is 0 Å². The van der Waals surface area contributed by atoms with E-state index in [0.717, 1.165) is 16.5 Å². The van der Waals surface area contributed by atoms with Gasteiger partial charge in [-0.2, -0.15) is 5.10 Å². The third-order valence-corrected chi connectivity index (χ3v) is 3.56. The predicted octanol–water partition coefficient (Wildman–Crippen LogP) is 3.47. The number of carbonyl (C=O) groups excluding carboxylic acids is 1. The molecule has 0 spiro atoms. The quantitative estimate of drug-likeness (QED) is 0.607. The van der Waals surface area contributed by atoms with Gasteiger partial charge in [-0.3, -0.25) is 9.89 Å². The van der Waals surface area contributed by atoms with Gasteiger partial charge in [0.1, 0.15) is 0 Å². The van der Waals surface area contributed by atoms with Crippen LogP contribution in [-0.4, -0.2) is 21.1 Å². The number of amides is 1. The highest BCUT2D eigenvalue weighted by atomic mass is 16.3. The topological polar surface area (TPSA) is 83.8 Å². The lowest BCUT2D eigenvalue weighted by atomic mass is 10.1. The number of hydrogen-bond donors (Lipinski definition) is 2. The Kier molecular flexibility index (Phi) is 3.12. The molecule has 0 aliphatic rings. The fourth-order valence-corrected chi connectivity index (χ4v) is 2.47. The van der Waals surface area contributed by atoms with Crippen molar-refractivity contribution in [3.05, 3.63) is 66.8 Å². The van der Waals surface area contributed by atoms with Crippen LogP contribution in [-0.2, 0) is 0 Å². The van der Waals surface area contributed by atoms with E-state index in [4.69, 9.17) is 4.42 Å². The third-order valence-electron chi connectivity index (χ3n) is 3.56. The van der Waals surface area contributed by atoms with Gasteiger partial charge < -0.3 is 9.73 Å². The van der Waals surface area contributed by atoms with Gasteiger partial charge in [0.15, 0.2) is 12.2 Å². The van der Waals surface area contributed by atoms with Crippen LogP contribution in [0, 0.1) is 0 Å². The zero-order valence-electron chi connectivity index (χ0n) is 12.0. The maximum atomic E-state index is 12.5. The number of H-pyrrole nitrogens is 1. The van der Waals surface area contributed by atoms with E-state index in [1.165, 1.54) is 6.39 Å². The van der Waals surface area contributed by atoms with Gasteiger partial charge >= 0.3 is 0 Å². The molecule has 23 heavy (non-hydrogen) atoms. The first-order valence-electron chi connectivity index (χ1n) is 7.03. The number of fused-ring (bicyclic) bond motifs is 1. The summed E-state index contributed by atoms with van der Waals surface area (Å²) in [6.45, 7) is 0. The molecule has 0 saturated carbocycles. The average molecular weight is 304 g/mol. The number of oxazole rings is 1. The fraction of sp³-hybridized carbons (Fsp3) is 0. The van der Waals surface area contributed by atoms with Crippen LogP contribution in [0.15, 0.2) is 65.7 Å². The van der Waals surface area contributed by atoms with E-state index in [9.17, 15) is 4.79 Å². The Morgan fingerprint density at radius 3 is 2.91 bits per heavy atom. The Hall–Kier alpha value is -3.41. The molecule has 0 aliphatic heterocycles. The Balaban J connectivity index is 1.64. The Labute approximate surface area is 131 Å². The molecule has 112 valence electrons. The van der Waals surface area contributed by atoms with Crippen molar-refractivity contribution in [2.45, 2.75) is 0 Å². The predicted molar refractivity (Wildman–Crippen MR) is 86.0 cm³/mol. The van der Waals surface area contributed by atoms with Crippen LogP contribution >= 0.6 is 0 Å². The van der Waals surface area contributed by atoms with Gasteiger partial charge in [-0.05, 0) is 18.2 Å². The number of hydrogen-bond acceptors (Lipinski definition) is 4. The largest absolute Gasteiger partial charge is 0.444 e. The highest BCUT2D eigenvalue weighted by molar-refractivity contribution is 6.11. The number of benzene rings is 2. The molecule has 2 N–H and O–H groups in total. The SMILES string of the molecule is O=C(Nc1cccc(-c2cnco2)c1)c1cccc2cn[nH]c12. The van der Waals surface area contributed by atoms with Crippen LogP contribution in [0.3, 0.4) is 0 Å². The lowest BCUT2D eigenvalue weighted by Gasteiger charge is -2.07.